The van der Waals surface area contributed by atoms with Crippen molar-refractivity contribution >= 4 is 23.1 Å². The Bertz CT molecular complexity index is 419. The first-order valence-electron chi connectivity index (χ1n) is 3.58. The number of rotatable bonds is 2. The fraction of sp³-hybridized carbons (Fsp3) is 0.125. The fourth-order valence-corrected chi connectivity index (χ4v) is 1.18. The van der Waals surface area contributed by atoms with Gasteiger partial charge in [0.2, 0.25) is 0 Å². The molecule has 0 radical (unpaired) electrons. The Balaban J connectivity index is 3.53. The van der Waals surface area contributed by atoms with Crippen LogP contribution in [0.25, 0.3) is 0 Å². The van der Waals surface area contributed by atoms with E-state index in [-0.39, 0.29) is 5.02 Å². The van der Waals surface area contributed by atoms with Crippen molar-refractivity contribution in [2.75, 3.05) is 0 Å². The minimum atomic E-state index is -1.05. The molecular weight excluding hydrogens is 213 g/mol. The van der Waals surface area contributed by atoms with Gasteiger partial charge >= 0.3 is 0 Å². The largest absolute Gasteiger partial charge is 0.294 e. The highest BCUT2D eigenvalue weighted by Gasteiger charge is 2.23. The summed E-state index contributed by atoms with van der Waals surface area (Å²) in [6, 6.07) is 2.05. The van der Waals surface area contributed by atoms with E-state index in [1.54, 1.807) is 0 Å². The van der Waals surface area contributed by atoms with Crippen LogP contribution in [-0.4, -0.2) is 10.7 Å². The van der Waals surface area contributed by atoms with Crippen LogP contribution in [0.3, 0.4) is 0 Å². The van der Waals surface area contributed by atoms with Crippen LogP contribution in [0, 0.1) is 15.9 Å². The van der Waals surface area contributed by atoms with E-state index in [2.05, 4.69) is 0 Å². The normalized spacial score (nSPS) is 9.93. The summed E-state index contributed by atoms with van der Waals surface area (Å²) < 4.78 is 13.2. The lowest BCUT2D eigenvalue weighted by Gasteiger charge is -2.01. The summed E-state index contributed by atoms with van der Waals surface area (Å²) in [6.45, 7) is 1.04. The highest BCUT2D eigenvalue weighted by atomic mass is 35.5. The van der Waals surface area contributed by atoms with Gasteiger partial charge in [0.25, 0.3) is 5.69 Å². The maximum Gasteiger partial charge on any atom is 0.283 e. The maximum atomic E-state index is 13.2. The molecule has 0 N–H and O–H groups in total. The van der Waals surface area contributed by atoms with Gasteiger partial charge in [-0.1, -0.05) is 11.6 Å². The summed E-state index contributed by atoms with van der Waals surface area (Å²) in [4.78, 5) is 20.6. The summed E-state index contributed by atoms with van der Waals surface area (Å²) in [5, 5.41) is 10.1. The van der Waals surface area contributed by atoms with Crippen molar-refractivity contribution < 1.29 is 14.1 Å². The van der Waals surface area contributed by atoms with Crippen molar-refractivity contribution in [1.82, 2.24) is 0 Å². The zero-order valence-corrected chi connectivity index (χ0v) is 7.84. The number of nitro benzene ring substituents is 1. The molecule has 4 nitrogen and oxygen atoms in total. The highest BCUT2D eigenvalue weighted by molar-refractivity contribution is 6.31. The third-order valence-corrected chi connectivity index (χ3v) is 1.91. The van der Waals surface area contributed by atoms with Gasteiger partial charge < -0.3 is 0 Å². The van der Waals surface area contributed by atoms with Crippen LogP contribution >= 0.6 is 11.6 Å². The van der Waals surface area contributed by atoms with Gasteiger partial charge in [0.05, 0.1) is 9.95 Å². The fourth-order valence-electron chi connectivity index (χ4n) is 1.03. The second-order valence-corrected chi connectivity index (χ2v) is 2.98. The number of hydrogen-bond acceptors (Lipinski definition) is 3. The predicted molar refractivity (Wildman–Crippen MR) is 48.1 cm³/mol. The molecule has 0 unspecified atom stereocenters. The lowest BCUT2D eigenvalue weighted by atomic mass is 10.1. The minimum Gasteiger partial charge on any atom is -0.294 e. The molecule has 0 heterocycles. The van der Waals surface area contributed by atoms with E-state index < -0.39 is 27.8 Å². The number of halogens is 2. The van der Waals surface area contributed by atoms with Gasteiger partial charge in [-0.2, -0.15) is 0 Å². The van der Waals surface area contributed by atoms with Crippen LogP contribution in [0.2, 0.25) is 5.02 Å². The summed E-state index contributed by atoms with van der Waals surface area (Å²) in [6.07, 6.45) is 0. The van der Waals surface area contributed by atoms with Crippen LogP contribution in [0.5, 0.6) is 0 Å². The van der Waals surface area contributed by atoms with E-state index in [9.17, 15) is 19.3 Å². The van der Waals surface area contributed by atoms with Crippen molar-refractivity contribution in [3.05, 3.63) is 38.7 Å². The molecule has 0 aliphatic rings. The van der Waals surface area contributed by atoms with Gasteiger partial charge in [-0.15, -0.1) is 0 Å². The monoisotopic (exact) mass is 217 g/mol. The Kier molecular flexibility index (Phi) is 2.81. The first-order chi connectivity index (χ1) is 6.45. The Morgan fingerprint density at radius 1 is 1.57 bits per heavy atom. The smallest absolute Gasteiger partial charge is 0.283 e. The number of ketones is 1. The number of nitro groups is 1. The SMILES string of the molecule is CC(=O)c1c([N+](=O)[O-])ccc(Cl)c1F. The molecule has 0 fully saturated rings. The third-order valence-electron chi connectivity index (χ3n) is 1.62. The topological polar surface area (TPSA) is 60.2 Å². The summed E-state index contributed by atoms with van der Waals surface area (Å²) >= 11 is 5.38. The first-order valence-corrected chi connectivity index (χ1v) is 3.96. The average molecular weight is 218 g/mol. The molecule has 6 heteroatoms. The molecule has 1 aromatic rings. The van der Waals surface area contributed by atoms with Crippen molar-refractivity contribution in [3.63, 3.8) is 0 Å². The number of carbonyl (C=O) groups is 1. The standard InChI is InChI=1S/C8H5ClFNO3/c1-4(12)7-6(11(13)14)3-2-5(9)8(7)10/h2-3H,1H3. The Morgan fingerprint density at radius 2 is 2.14 bits per heavy atom. The second-order valence-electron chi connectivity index (χ2n) is 2.57. The van der Waals surface area contributed by atoms with E-state index in [1.807, 2.05) is 0 Å². The van der Waals surface area contributed by atoms with Crippen LogP contribution < -0.4 is 0 Å². The van der Waals surface area contributed by atoms with E-state index in [0.717, 1.165) is 19.1 Å². The average Bonchev–Trinajstić information content (AvgIpc) is 2.08. The molecule has 0 aliphatic heterocycles. The van der Waals surface area contributed by atoms with Crippen molar-refractivity contribution in [1.29, 1.82) is 0 Å². The lowest BCUT2D eigenvalue weighted by Crippen LogP contribution is -2.03. The molecule has 0 saturated heterocycles. The molecule has 0 spiro atoms. The molecule has 0 amide bonds. The number of carbonyl (C=O) groups excluding carboxylic acids is 1. The molecule has 0 bridgehead atoms. The molecule has 1 aromatic carbocycles. The number of nitrogens with zero attached hydrogens (tertiary/aromatic N) is 1. The van der Waals surface area contributed by atoms with Gasteiger partial charge in [0.15, 0.2) is 11.6 Å². The van der Waals surface area contributed by atoms with Crippen LogP contribution in [0.1, 0.15) is 17.3 Å². The van der Waals surface area contributed by atoms with Crippen molar-refractivity contribution in [2.24, 2.45) is 0 Å². The lowest BCUT2D eigenvalue weighted by molar-refractivity contribution is -0.385. The summed E-state index contributed by atoms with van der Waals surface area (Å²) in [7, 11) is 0. The molecule has 74 valence electrons. The Labute approximate surface area is 83.4 Å². The van der Waals surface area contributed by atoms with Gasteiger partial charge in [0, 0.05) is 6.07 Å². The van der Waals surface area contributed by atoms with Crippen LogP contribution in [0.15, 0.2) is 12.1 Å². The summed E-state index contributed by atoms with van der Waals surface area (Å²) in [5.74, 6) is -1.77. The third kappa shape index (κ3) is 1.72. The Morgan fingerprint density at radius 3 is 2.57 bits per heavy atom. The van der Waals surface area contributed by atoms with Gasteiger partial charge in [-0.25, -0.2) is 4.39 Å². The quantitative estimate of drug-likeness (QED) is 0.435. The summed E-state index contributed by atoms with van der Waals surface area (Å²) in [5.41, 5.74) is -1.15. The molecule has 1 rings (SSSR count). The molecule has 0 aliphatic carbocycles. The van der Waals surface area contributed by atoms with Gasteiger partial charge in [0.1, 0.15) is 5.56 Å². The number of benzene rings is 1. The highest BCUT2D eigenvalue weighted by Crippen LogP contribution is 2.27. The van der Waals surface area contributed by atoms with Crippen molar-refractivity contribution in [2.45, 2.75) is 6.92 Å². The first kappa shape index (κ1) is 10.6. The molecular formula is C8H5ClFNO3. The van der Waals surface area contributed by atoms with Gasteiger partial charge in [-0.3, -0.25) is 14.9 Å². The zero-order valence-electron chi connectivity index (χ0n) is 7.08. The maximum absolute atomic E-state index is 13.2. The molecule has 14 heavy (non-hydrogen) atoms. The Hall–Kier alpha value is -1.49. The zero-order chi connectivity index (χ0) is 10.9. The van der Waals surface area contributed by atoms with Crippen LogP contribution in [-0.2, 0) is 0 Å². The van der Waals surface area contributed by atoms with Crippen LogP contribution in [0.4, 0.5) is 10.1 Å². The van der Waals surface area contributed by atoms with Gasteiger partial charge in [-0.05, 0) is 13.0 Å². The van der Waals surface area contributed by atoms with E-state index in [0.29, 0.717) is 0 Å². The van der Waals surface area contributed by atoms with E-state index in [4.69, 9.17) is 11.6 Å². The molecule has 0 aromatic heterocycles. The predicted octanol–water partition coefficient (Wildman–Crippen LogP) is 2.59. The van der Waals surface area contributed by atoms with E-state index in [1.165, 1.54) is 0 Å². The second kappa shape index (κ2) is 3.71. The number of Topliss-reactive ketones (excluding diaryl/α,β-unsaturated/α-hetero) is 1. The molecule has 0 saturated carbocycles. The number of hydrogen-bond donors (Lipinski definition) is 0. The van der Waals surface area contributed by atoms with E-state index >= 15 is 0 Å². The minimum absolute atomic E-state index is 0.305. The van der Waals surface area contributed by atoms with Crippen molar-refractivity contribution in [3.8, 4) is 0 Å². The molecule has 0 atom stereocenters.